The molecule has 1 aromatic rings. The van der Waals surface area contributed by atoms with Gasteiger partial charge < -0.3 is 19.3 Å². The average Bonchev–Trinajstić information content (AvgIpc) is 2.67. The fraction of sp³-hybridized carbons (Fsp3) is 0.600. The van der Waals surface area contributed by atoms with Crippen LogP contribution in [0.5, 0.6) is 0 Å². The number of hydrogen-bond donors (Lipinski definition) is 0. The maximum Gasteiger partial charge on any atom is 0.339 e. The van der Waals surface area contributed by atoms with E-state index in [2.05, 4.69) is 23.6 Å². The van der Waals surface area contributed by atoms with Crippen LogP contribution in [0, 0.1) is 0 Å². The maximum absolute atomic E-state index is 12.3. The molecule has 0 spiro atoms. The predicted molar refractivity (Wildman–Crippen MR) is 103 cm³/mol. The van der Waals surface area contributed by atoms with Crippen molar-refractivity contribution in [2.75, 3.05) is 53.5 Å². The first kappa shape index (κ1) is 22.1. The molecule has 0 N–H and O–H groups in total. The summed E-state index contributed by atoms with van der Waals surface area (Å²) < 4.78 is 10.6. The lowest BCUT2D eigenvalue weighted by atomic mass is 10.1. The Balaban J connectivity index is 2.52. The Kier molecular flexibility index (Phi) is 10.6. The molecule has 0 atom stereocenters. The number of esters is 2. The van der Waals surface area contributed by atoms with Crippen molar-refractivity contribution in [3.8, 4) is 0 Å². The van der Waals surface area contributed by atoms with Crippen molar-refractivity contribution < 1.29 is 19.1 Å². The van der Waals surface area contributed by atoms with E-state index in [1.54, 1.807) is 24.3 Å². The van der Waals surface area contributed by atoms with Crippen LogP contribution in [0.15, 0.2) is 24.3 Å². The third-order valence-electron chi connectivity index (χ3n) is 4.28. The first-order valence-corrected chi connectivity index (χ1v) is 9.29. The Hall–Kier alpha value is -1.92. The summed E-state index contributed by atoms with van der Waals surface area (Å²) in [6, 6.07) is 6.63. The second-order valence-electron chi connectivity index (χ2n) is 6.32. The molecule has 1 aromatic carbocycles. The first-order chi connectivity index (χ1) is 12.5. The molecule has 146 valence electrons. The van der Waals surface area contributed by atoms with Crippen LogP contribution in [0.1, 0.15) is 47.4 Å². The summed E-state index contributed by atoms with van der Waals surface area (Å²) in [5, 5.41) is 0. The average molecular weight is 364 g/mol. The minimum absolute atomic E-state index is 0.257. The van der Waals surface area contributed by atoms with Crippen molar-refractivity contribution in [1.82, 2.24) is 9.80 Å². The predicted octanol–water partition coefficient (Wildman–Crippen LogP) is 2.68. The smallest absolute Gasteiger partial charge is 0.339 e. The van der Waals surface area contributed by atoms with Crippen molar-refractivity contribution in [2.45, 2.75) is 26.7 Å². The van der Waals surface area contributed by atoms with E-state index in [0.717, 1.165) is 39.0 Å². The minimum Gasteiger partial charge on any atom is -0.462 e. The van der Waals surface area contributed by atoms with Gasteiger partial charge in [-0.1, -0.05) is 26.0 Å². The standard InChI is InChI=1S/C20H32N2O4/c1-5-21(3)13-9-15-25-19(23)17-11-7-8-12-18(17)20(24)26-16-10-14-22(4)6-2/h7-8,11-12H,5-6,9-10,13-16H2,1-4H3. The zero-order valence-electron chi connectivity index (χ0n) is 16.5. The minimum atomic E-state index is -0.484. The number of carbonyl (C=O) groups excluding carboxylic acids is 2. The third kappa shape index (κ3) is 7.97. The Morgan fingerprint density at radius 2 is 1.19 bits per heavy atom. The van der Waals surface area contributed by atoms with Crippen LogP contribution in [-0.4, -0.2) is 75.2 Å². The summed E-state index contributed by atoms with van der Waals surface area (Å²) in [6.45, 7) is 8.45. The van der Waals surface area contributed by atoms with Crippen molar-refractivity contribution in [3.63, 3.8) is 0 Å². The van der Waals surface area contributed by atoms with E-state index in [0.29, 0.717) is 13.2 Å². The molecule has 0 aliphatic rings. The highest BCUT2D eigenvalue weighted by Gasteiger charge is 2.18. The van der Waals surface area contributed by atoms with Gasteiger partial charge in [-0.25, -0.2) is 9.59 Å². The molecule has 0 bridgehead atoms. The summed E-state index contributed by atoms with van der Waals surface area (Å²) in [7, 11) is 4.04. The van der Waals surface area contributed by atoms with E-state index < -0.39 is 11.9 Å². The number of nitrogens with zero attached hydrogens (tertiary/aromatic N) is 2. The lowest BCUT2D eigenvalue weighted by Crippen LogP contribution is -2.22. The monoisotopic (exact) mass is 364 g/mol. The SMILES string of the molecule is CCN(C)CCCOC(=O)c1ccccc1C(=O)OCCCN(C)CC. The molecular weight excluding hydrogens is 332 g/mol. The van der Waals surface area contributed by atoms with E-state index in [1.165, 1.54) is 0 Å². The van der Waals surface area contributed by atoms with Gasteiger partial charge in [0.25, 0.3) is 0 Å². The van der Waals surface area contributed by atoms with Gasteiger partial charge in [-0.2, -0.15) is 0 Å². The molecule has 0 heterocycles. The van der Waals surface area contributed by atoms with Crippen molar-refractivity contribution >= 4 is 11.9 Å². The van der Waals surface area contributed by atoms with Crippen LogP contribution >= 0.6 is 0 Å². The lowest BCUT2D eigenvalue weighted by Gasteiger charge is -2.14. The van der Waals surface area contributed by atoms with Gasteiger partial charge in [0.2, 0.25) is 0 Å². The van der Waals surface area contributed by atoms with E-state index in [-0.39, 0.29) is 11.1 Å². The maximum atomic E-state index is 12.3. The van der Waals surface area contributed by atoms with E-state index in [9.17, 15) is 9.59 Å². The highest BCUT2D eigenvalue weighted by Crippen LogP contribution is 2.12. The van der Waals surface area contributed by atoms with Crippen molar-refractivity contribution in [2.24, 2.45) is 0 Å². The Bertz CT molecular complexity index is 513. The fourth-order valence-electron chi connectivity index (χ4n) is 2.31. The third-order valence-corrected chi connectivity index (χ3v) is 4.28. The van der Waals surface area contributed by atoms with Gasteiger partial charge in [-0.3, -0.25) is 0 Å². The molecule has 1 rings (SSSR count). The van der Waals surface area contributed by atoms with Crippen LogP contribution in [0.25, 0.3) is 0 Å². The summed E-state index contributed by atoms with van der Waals surface area (Å²) >= 11 is 0. The molecule has 0 saturated heterocycles. The molecule has 0 aliphatic heterocycles. The first-order valence-electron chi connectivity index (χ1n) is 9.29. The lowest BCUT2D eigenvalue weighted by molar-refractivity contribution is 0.0444. The summed E-state index contributed by atoms with van der Waals surface area (Å²) in [6.07, 6.45) is 1.52. The van der Waals surface area contributed by atoms with E-state index >= 15 is 0 Å². The summed E-state index contributed by atoms with van der Waals surface area (Å²) in [4.78, 5) is 28.9. The normalized spacial score (nSPS) is 11.0. The second-order valence-corrected chi connectivity index (χ2v) is 6.32. The number of hydrogen-bond acceptors (Lipinski definition) is 6. The molecule has 0 amide bonds. The van der Waals surface area contributed by atoms with Crippen LogP contribution in [-0.2, 0) is 9.47 Å². The topological polar surface area (TPSA) is 59.1 Å². The largest absolute Gasteiger partial charge is 0.462 e. The molecule has 0 radical (unpaired) electrons. The van der Waals surface area contributed by atoms with E-state index in [1.807, 2.05) is 14.1 Å². The van der Waals surface area contributed by atoms with Crippen LogP contribution in [0.3, 0.4) is 0 Å². The Labute approximate surface area is 157 Å². The molecule has 26 heavy (non-hydrogen) atoms. The van der Waals surface area contributed by atoms with Gasteiger partial charge in [0.15, 0.2) is 0 Å². The Morgan fingerprint density at radius 3 is 1.54 bits per heavy atom. The molecule has 6 nitrogen and oxygen atoms in total. The highest BCUT2D eigenvalue weighted by molar-refractivity contribution is 6.03. The van der Waals surface area contributed by atoms with Gasteiger partial charge in [0.05, 0.1) is 24.3 Å². The second kappa shape index (κ2) is 12.4. The molecule has 0 aromatic heterocycles. The zero-order chi connectivity index (χ0) is 19.4. The Morgan fingerprint density at radius 1 is 0.808 bits per heavy atom. The van der Waals surface area contributed by atoms with Crippen molar-refractivity contribution in [3.05, 3.63) is 35.4 Å². The molecular formula is C20H32N2O4. The van der Waals surface area contributed by atoms with Gasteiger partial charge in [-0.15, -0.1) is 0 Å². The zero-order valence-corrected chi connectivity index (χ0v) is 16.5. The van der Waals surface area contributed by atoms with Crippen molar-refractivity contribution in [1.29, 1.82) is 0 Å². The number of rotatable bonds is 12. The quantitative estimate of drug-likeness (QED) is 0.420. The summed E-state index contributed by atoms with van der Waals surface area (Å²) in [5.74, 6) is -0.968. The molecule has 0 aliphatic carbocycles. The van der Waals surface area contributed by atoms with Gasteiger partial charge >= 0.3 is 11.9 Å². The number of ether oxygens (including phenoxy) is 2. The van der Waals surface area contributed by atoms with Crippen LogP contribution in [0.2, 0.25) is 0 Å². The van der Waals surface area contributed by atoms with E-state index in [4.69, 9.17) is 9.47 Å². The molecule has 0 unspecified atom stereocenters. The molecule has 6 heteroatoms. The van der Waals surface area contributed by atoms with Gasteiger partial charge in [0, 0.05) is 13.1 Å². The number of carbonyl (C=O) groups is 2. The fourth-order valence-corrected chi connectivity index (χ4v) is 2.31. The van der Waals surface area contributed by atoms with Gasteiger partial charge in [-0.05, 0) is 52.2 Å². The van der Waals surface area contributed by atoms with Crippen LogP contribution < -0.4 is 0 Å². The number of benzene rings is 1. The summed E-state index contributed by atoms with van der Waals surface area (Å²) in [5.41, 5.74) is 0.513. The highest BCUT2D eigenvalue weighted by atomic mass is 16.5. The van der Waals surface area contributed by atoms with Crippen LogP contribution in [0.4, 0.5) is 0 Å². The molecule has 0 fully saturated rings. The molecule has 0 saturated carbocycles. The van der Waals surface area contributed by atoms with Gasteiger partial charge in [0.1, 0.15) is 0 Å².